The van der Waals surface area contributed by atoms with Crippen molar-refractivity contribution in [3.8, 4) is 0 Å². The average Bonchev–Trinajstić information content (AvgIpc) is 2.50. The van der Waals surface area contributed by atoms with Crippen LogP contribution in [0.1, 0.15) is 22.0 Å². The van der Waals surface area contributed by atoms with Crippen molar-refractivity contribution in [3.05, 3.63) is 0 Å². The van der Waals surface area contributed by atoms with E-state index in [1.54, 1.807) is 0 Å². The smallest absolute Gasteiger partial charge is 0.308 e. The van der Waals surface area contributed by atoms with Gasteiger partial charge in [0, 0.05) is 8.78 Å². The summed E-state index contributed by atoms with van der Waals surface area (Å²) in [6, 6.07) is -0.411. The van der Waals surface area contributed by atoms with Crippen LogP contribution in [0.4, 0.5) is 0 Å². The SMILES string of the molecule is [2H]C1C([2H])C2CC1C(N)C2C(=O)O. The molecule has 3 nitrogen and oxygen atoms in total. The number of fused-ring (bicyclic) bond motifs is 2. The van der Waals surface area contributed by atoms with E-state index >= 15 is 0 Å². The maximum atomic E-state index is 10.8. The lowest BCUT2D eigenvalue weighted by Crippen LogP contribution is -2.40. The van der Waals surface area contributed by atoms with Crippen molar-refractivity contribution in [3.63, 3.8) is 0 Å². The van der Waals surface area contributed by atoms with E-state index < -0.39 is 30.7 Å². The van der Waals surface area contributed by atoms with Gasteiger partial charge in [0.15, 0.2) is 0 Å². The number of carboxylic acids is 1. The lowest BCUT2D eigenvalue weighted by Gasteiger charge is -2.23. The molecule has 2 aliphatic rings. The number of carboxylic acid groups (broad SMARTS) is 1. The molecule has 0 radical (unpaired) electrons. The van der Waals surface area contributed by atoms with Gasteiger partial charge in [-0.1, -0.05) is 0 Å². The zero-order chi connectivity index (χ0) is 9.75. The van der Waals surface area contributed by atoms with Crippen LogP contribution in [0.15, 0.2) is 0 Å². The highest BCUT2D eigenvalue weighted by Crippen LogP contribution is 2.47. The van der Waals surface area contributed by atoms with Gasteiger partial charge in [-0.2, -0.15) is 0 Å². The maximum Gasteiger partial charge on any atom is 0.308 e. The van der Waals surface area contributed by atoms with E-state index in [9.17, 15) is 4.79 Å². The van der Waals surface area contributed by atoms with Crippen LogP contribution in [0, 0.1) is 17.8 Å². The first kappa shape index (κ1) is 5.14. The average molecular weight is 157 g/mol. The largest absolute Gasteiger partial charge is 0.481 e. The Labute approximate surface area is 68.4 Å². The molecule has 0 aromatic rings. The second-order valence-electron chi connectivity index (χ2n) is 3.39. The quantitative estimate of drug-likeness (QED) is 0.580. The molecule has 2 aliphatic carbocycles. The van der Waals surface area contributed by atoms with E-state index in [4.69, 9.17) is 13.6 Å². The highest BCUT2D eigenvalue weighted by atomic mass is 16.4. The number of rotatable bonds is 1. The summed E-state index contributed by atoms with van der Waals surface area (Å²) in [4.78, 5) is 10.8. The molecule has 0 heterocycles. The fraction of sp³-hybridized carbons (Fsp3) is 0.875. The minimum atomic E-state index is -0.899. The number of hydrogen-bond donors (Lipinski definition) is 2. The fourth-order valence-electron chi connectivity index (χ4n) is 2.21. The Kier molecular flexibility index (Phi) is 1.03. The monoisotopic (exact) mass is 157 g/mol. The first-order valence-electron chi connectivity index (χ1n) is 5.02. The molecular weight excluding hydrogens is 142 g/mol. The summed E-state index contributed by atoms with van der Waals surface area (Å²) < 4.78 is 15.3. The summed E-state index contributed by atoms with van der Waals surface area (Å²) in [5, 5.41) is 8.89. The van der Waals surface area contributed by atoms with E-state index in [-0.39, 0.29) is 11.8 Å². The molecule has 11 heavy (non-hydrogen) atoms. The molecule has 0 amide bonds. The predicted octanol–water partition coefficient (Wildman–Crippen LogP) is 0.444. The summed E-state index contributed by atoms with van der Waals surface area (Å²) in [6.07, 6.45) is -0.373. The molecule has 0 aromatic heterocycles. The molecule has 62 valence electrons. The standard InChI is InChI=1S/C8H13NO2/c9-7-5-2-1-4(3-5)6(7)8(10)11/h4-7H,1-3,9H2,(H,10,11)/i1D,2D. The summed E-state index contributed by atoms with van der Waals surface area (Å²) in [7, 11) is 0. The topological polar surface area (TPSA) is 63.3 Å². The Morgan fingerprint density at radius 2 is 2.18 bits per heavy atom. The molecule has 2 fully saturated rings. The number of hydrogen-bond acceptors (Lipinski definition) is 2. The van der Waals surface area contributed by atoms with Crippen LogP contribution in [-0.4, -0.2) is 17.1 Å². The van der Waals surface area contributed by atoms with Crippen molar-refractivity contribution >= 4 is 5.97 Å². The molecule has 2 saturated carbocycles. The fourth-order valence-corrected chi connectivity index (χ4v) is 2.21. The van der Waals surface area contributed by atoms with Gasteiger partial charge in [-0.25, -0.2) is 0 Å². The molecule has 6 unspecified atom stereocenters. The van der Waals surface area contributed by atoms with Gasteiger partial charge in [0.2, 0.25) is 0 Å². The highest BCUT2D eigenvalue weighted by molar-refractivity contribution is 5.72. The van der Waals surface area contributed by atoms with Crippen LogP contribution in [0.5, 0.6) is 0 Å². The summed E-state index contributed by atoms with van der Waals surface area (Å²) in [5.74, 6) is -1.76. The number of aliphatic carboxylic acids is 1. The van der Waals surface area contributed by atoms with E-state index in [1.165, 1.54) is 0 Å². The second-order valence-corrected chi connectivity index (χ2v) is 3.39. The van der Waals surface area contributed by atoms with E-state index in [2.05, 4.69) is 0 Å². The third-order valence-corrected chi connectivity index (χ3v) is 2.81. The van der Waals surface area contributed by atoms with Gasteiger partial charge < -0.3 is 10.8 Å². The van der Waals surface area contributed by atoms with Gasteiger partial charge in [-0.05, 0) is 31.1 Å². The lowest BCUT2D eigenvalue weighted by atomic mass is 9.85. The van der Waals surface area contributed by atoms with Crippen molar-refractivity contribution in [2.24, 2.45) is 23.5 Å². The van der Waals surface area contributed by atoms with Gasteiger partial charge in [0.25, 0.3) is 0 Å². The highest BCUT2D eigenvalue weighted by Gasteiger charge is 2.49. The Morgan fingerprint density at radius 3 is 2.73 bits per heavy atom. The number of nitrogens with two attached hydrogens (primary N) is 1. The predicted molar refractivity (Wildman–Crippen MR) is 39.9 cm³/mol. The van der Waals surface area contributed by atoms with Crippen LogP contribution >= 0.6 is 0 Å². The number of carbonyl (C=O) groups is 1. The minimum Gasteiger partial charge on any atom is -0.481 e. The molecule has 3 heteroatoms. The maximum absolute atomic E-state index is 10.8. The van der Waals surface area contributed by atoms with Crippen LogP contribution < -0.4 is 5.73 Å². The third-order valence-electron chi connectivity index (χ3n) is 2.81. The normalized spacial score (nSPS) is 64.1. The first-order chi connectivity index (χ1) is 6.04. The van der Waals surface area contributed by atoms with Gasteiger partial charge in [0.1, 0.15) is 0 Å². The van der Waals surface area contributed by atoms with Crippen LogP contribution in [0.2, 0.25) is 0 Å². The van der Waals surface area contributed by atoms with Crippen LogP contribution in [0.25, 0.3) is 0 Å². The van der Waals surface area contributed by atoms with Gasteiger partial charge in [-0.15, -0.1) is 0 Å². The molecule has 6 atom stereocenters. The zero-order valence-electron chi connectivity index (χ0n) is 8.10. The zero-order valence-corrected chi connectivity index (χ0v) is 6.10. The van der Waals surface area contributed by atoms with Crippen LogP contribution in [-0.2, 0) is 4.79 Å². The van der Waals surface area contributed by atoms with Gasteiger partial charge >= 0.3 is 5.97 Å². The van der Waals surface area contributed by atoms with E-state index in [0.29, 0.717) is 6.42 Å². The molecule has 3 N–H and O–H groups in total. The Hall–Kier alpha value is -0.570. The Morgan fingerprint density at radius 1 is 1.55 bits per heavy atom. The molecule has 0 aliphatic heterocycles. The molecule has 0 saturated heterocycles. The van der Waals surface area contributed by atoms with Crippen molar-refractivity contribution in [1.82, 2.24) is 0 Å². The Balaban J connectivity index is 2.24. The Bertz CT molecular complexity index is 248. The minimum absolute atomic E-state index is 0.0754. The molecule has 2 rings (SSSR count). The van der Waals surface area contributed by atoms with E-state index in [0.717, 1.165) is 0 Å². The summed E-state index contributed by atoms with van der Waals surface area (Å²) in [6.45, 7) is 0. The molecular formula is C8H13NO2. The first-order valence-corrected chi connectivity index (χ1v) is 3.87. The summed E-state index contributed by atoms with van der Waals surface area (Å²) in [5.41, 5.74) is 5.73. The van der Waals surface area contributed by atoms with Crippen LogP contribution in [0.3, 0.4) is 0 Å². The van der Waals surface area contributed by atoms with Crippen molar-refractivity contribution in [1.29, 1.82) is 0 Å². The van der Waals surface area contributed by atoms with Crippen molar-refractivity contribution in [2.75, 3.05) is 0 Å². The molecule has 0 aromatic carbocycles. The lowest BCUT2D eigenvalue weighted by molar-refractivity contribution is -0.144. The van der Waals surface area contributed by atoms with Crippen molar-refractivity contribution in [2.45, 2.75) is 25.3 Å². The molecule has 2 bridgehead atoms. The second kappa shape index (κ2) is 2.21. The van der Waals surface area contributed by atoms with Gasteiger partial charge in [0.05, 0.1) is 5.92 Å². The third kappa shape index (κ3) is 0.872. The summed E-state index contributed by atoms with van der Waals surface area (Å²) >= 11 is 0. The van der Waals surface area contributed by atoms with Gasteiger partial charge in [-0.3, -0.25) is 4.79 Å². The van der Waals surface area contributed by atoms with Crippen molar-refractivity contribution < 1.29 is 12.6 Å². The molecule has 0 spiro atoms. The van der Waals surface area contributed by atoms with E-state index in [1.807, 2.05) is 0 Å².